The monoisotopic (exact) mass is 148 g/mol. The van der Waals surface area contributed by atoms with Crippen LogP contribution in [0.3, 0.4) is 0 Å². The van der Waals surface area contributed by atoms with Gasteiger partial charge in [0.2, 0.25) is 0 Å². The third-order valence-corrected chi connectivity index (χ3v) is 2.18. The fourth-order valence-electron chi connectivity index (χ4n) is 1.57. The largest absolute Gasteiger partial charge is 0.309 e. The van der Waals surface area contributed by atoms with Gasteiger partial charge in [0.15, 0.2) is 0 Å². The van der Waals surface area contributed by atoms with Crippen molar-refractivity contribution in [1.82, 2.24) is 10.3 Å². The molecule has 0 fully saturated rings. The molecule has 2 rings (SSSR count). The lowest BCUT2D eigenvalue weighted by Gasteiger charge is -2.21. The fraction of sp³-hybridized carbons (Fsp3) is 0.444. The van der Waals surface area contributed by atoms with Crippen LogP contribution >= 0.6 is 0 Å². The van der Waals surface area contributed by atoms with Crippen LogP contribution in [0.2, 0.25) is 0 Å². The van der Waals surface area contributed by atoms with Crippen molar-refractivity contribution in [3.05, 3.63) is 29.6 Å². The molecule has 1 aliphatic rings. The predicted molar refractivity (Wildman–Crippen MR) is 44.4 cm³/mol. The molecular weight excluding hydrogens is 136 g/mol. The Labute approximate surface area is 66.7 Å². The van der Waals surface area contributed by atoms with Crippen LogP contribution in [0, 0.1) is 0 Å². The number of nitrogens with one attached hydrogen (secondary N) is 1. The van der Waals surface area contributed by atoms with Crippen LogP contribution in [0.15, 0.2) is 18.3 Å². The van der Waals surface area contributed by atoms with Gasteiger partial charge in [0.25, 0.3) is 0 Å². The molecule has 0 aromatic carbocycles. The van der Waals surface area contributed by atoms with Crippen molar-refractivity contribution >= 4 is 0 Å². The molecule has 0 amide bonds. The van der Waals surface area contributed by atoms with Gasteiger partial charge in [-0.2, -0.15) is 0 Å². The van der Waals surface area contributed by atoms with Crippen LogP contribution in [0.4, 0.5) is 0 Å². The molecular formula is C9H12N2. The Kier molecular flexibility index (Phi) is 1.62. The van der Waals surface area contributed by atoms with E-state index in [-0.39, 0.29) is 0 Å². The van der Waals surface area contributed by atoms with Gasteiger partial charge in [-0.25, -0.2) is 0 Å². The Morgan fingerprint density at radius 3 is 3.36 bits per heavy atom. The average Bonchev–Trinajstić information content (AvgIpc) is 2.06. The zero-order chi connectivity index (χ0) is 7.68. The number of rotatable bonds is 0. The molecule has 1 unspecified atom stereocenters. The first-order valence-electron chi connectivity index (χ1n) is 4.05. The first-order chi connectivity index (χ1) is 5.38. The molecule has 2 heteroatoms. The van der Waals surface area contributed by atoms with Gasteiger partial charge in [0, 0.05) is 12.2 Å². The third-order valence-electron chi connectivity index (χ3n) is 2.18. The lowest BCUT2D eigenvalue weighted by atomic mass is 10.0. The van der Waals surface area contributed by atoms with Gasteiger partial charge < -0.3 is 5.32 Å². The second-order valence-electron chi connectivity index (χ2n) is 2.97. The Morgan fingerprint density at radius 2 is 2.55 bits per heavy atom. The lowest BCUT2D eigenvalue weighted by molar-refractivity contribution is 0.526. The minimum absolute atomic E-state index is 0.431. The van der Waals surface area contributed by atoms with Crippen molar-refractivity contribution in [2.24, 2.45) is 0 Å². The lowest BCUT2D eigenvalue weighted by Crippen LogP contribution is -2.28. The molecule has 1 aromatic rings. The minimum atomic E-state index is 0.431. The summed E-state index contributed by atoms with van der Waals surface area (Å²) in [6, 6.07) is 4.61. The molecule has 1 atom stereocenters. The summed E-state index contributed by atoms with van der Waals surface area (Å²) in [4.78, 5) is 4.34. The van der Waals surface area contributed by atoms with Gasteiger partial charge in [-0.15, -0.1) is 0 Å². The van der Waals surface area contributed by atoms with E-state index in [9.17, 15) is 0 Å². The van der Waals surface area contributed by atoms with Crippen LogP contribution in [-0.2, 0) is 6.42 Å². The zero-order valence-electron chi connectivity index (χ0n) is 6.67. The summed E-state index contributed by atoms with van der Waals surface area (Å²) in [6.45, 7) is 3.24. The van der Waals surface area contributed by atoms with Crippen molar-refractivity contribution in [3.8, 4) is 0 Å². The fourth-order valence-corrected chi connectivity index (χ4v) is 1.57. The topological polar surface area (TPSA) is 24.9 Å². The van der Waals surface area contributed by atoms with Gasteiger partial charge in [-0.1, -0.05) is 6.07 Å². The summed E-state index contributed by atoms with van der Waals surface area (Å²) in [6.07, 6.45) is 2.98. The number of nitrogens with zero attached hydrogens (tertiary/aromatic N) is 1. The molecule has 1 N–H and O–H groups in total. The number of aromatic nitrogens is 1. The molecule has 0 radical (unpaired) electrons. The Bertz CT molecular complexity index is 257. The molecule has 0 bridgehead atoms. The van der Waals surface area contributed by atoms with Crippen molar-refractivity contribution in [2.45, 2.75) is 19.4 Å². The molecule has 0 saturated carbocycles. The second kappa shape index (κ2) is 2.62. The van der Waals surface area contributed by atoms with E-state index in [1.807, 2.05) is 12.3 Å². The highest BCUT2D eigenvalue weighted by molar-refractivity contribution is 5.24. The Balaban J connectivity index is 2.44. The number of hydrogen-bond donors (Lipinski definition) is 1. The van der Waals surface area contributed by atoms with Crippen LogP contribution < -0.4 is 5.32 Å². The maximum Gasteiger partial charge on any atom is 0.0602 e. The van der Waals surface area contributed by atoms with Gasteiger partial charge in [0.05, 0.1) is 5.69 Å². The van der Waals surface area contributed by atoms with E-state index in [1.54, 1.807) is 0 Å². The molecule has 11 heavy (non-hydrogen) atoms. The van der Waals surface area contributed by atoms with Crippen LogP contribution in [-0.4, -0.2) is 11.5 Å². The number of fused-ring (bicyclic) bond motifs is 1. The van der Waals surface area contributed by atoms with Crippen LogP contribution in [0.1, 0.15) is 24.2 Å². The number of pyridine rings is 1. The highest BCUT2D eigenvalue weighted by Gasteiger charge is 2.15. The highest BCUT2D eigenvalue weighted by Crippen LogP contribution is 2.18. The van der Waals surface area contributed by atoms with Crippen molar-refractivity contribution in [2.75, 3.05) is 6.54 Å². The quantitative estimate of drug-likeness (QED) is 0.599. The summed E-state index contributed by atoms with van der Waals surface area (Å²) in [5.41, 5.74) is 2.62. The first kappa shape index (κ1) is 6.80. The van der Waals surface area contributed by atoms with E-state index >= 15 is 0 Å². The van der Waals surface area contributed by atoms with Crippen molar-refractivity contribution in [1.29, 1.82) is 0 Å². The third kappa shape index (κ3) is 1.14. The van der Waals surface area contributed by atoms with Crippen molar-refractivity contribution in [3.63, 3.8) is 0 Å². The second-order valence-corrected chi connectivity index (χ2v) is 2.97. The molecule has 58 valence electrons. The number of hydrogen-bond acceptors (Lipinski definition) is 2. The Hall–Kier alpha value is -0.890. The molecule has 2 nitrogen and oxygen atoms in total. The zero-order valence-corrected chi connectivity index (χ0v) is 6.67. The predicted octanol–water partition coefficient (Wildman–Crippen LogP) is 1.29. The normalized spacial score (nSPS) is 22.8. The molecule has 1 aromatic heterocycles. The first-order valence-corrected chi connectivity index (χ1v) is 4.05. The Morgan fingerprint density at radius 1 is 1.64 bits per heavy atom. The van der Waals surface area contributed by atoms with E-state index in [0.717, 1.165) is 13.0 Å². The van der Waals surface area contributed by atoms with E-state index in [1.165, 1.54) is 11.3 Å². The molecule has 0 aliphatic carbocycles. The molecule has 2 heterocycles. The highest BCUT2D eigenvalue weighted by atomic mass is 14.9. The molecule has 1 aliphatic heterocycles. The van der Waals surface area contributed by atoms with E-state index in [4.69, 9.17) is 0 Å². The minimum Gasteiger partial charge on any atom is -0.309 e. The molecule has 0 saturated heterocycles. The van der Waals surface area contributed by atoms with Crippen LogP contribution in [0.25, 0.3) is 0 Å². The summed E-state index contributed by atoms with van der Waals surface area (Å²) in [5.74, 6) is 0. The maximum atomic E-state index is 4.34. The van der Waals surface area contributed by atoms with Crippen LogP contribution in [0.5, 0.6) is 0 Å². The summed E-state index contributed by atoms with van der Waals surface area (Å²) in [5, 5.41) is 3.38. The summed E-state index contributed by atoms with van der Waals surface area (Å²) < 4.78 is 0. The van der Waals surface area contributed by atoms with E-state index in [2.05, 4.69) is 23.3 Å². The molecule has 0 spiro atoms. The standard InChI is InChI=1S/C9H12N2/c1-7-9-8(4-6-10-7)3-2-5-11-9/h2-3,5,7,10H,4,6H2,1H3. The van der Waals surface area contributed by atoms with Gasteiger partial charge in [0.1, 0.15) is 0 Å². The smallest absolute Gasteiger partial charge is 0.0602 e. The summed E-state index contributed by atoms with van der Waals surface area (Å²) >= 11 is 0. The van der Waals surface area contributed by atoms with Gasteiger partial charge in [-0.05, 0) is 31.5 Å². The maximum absolute atomic E-state index is 4.34. The SMILES string of the molecule is CC1NCCc2cccnc21. The van der Waals surface area contributed by atoms with E-state index < -0.39 is 0 Å². The van der Waals surface area contributed by atoms with Gasteiger partial charge in [-0.3, -0.25) is 4.98 Å². The van der Waals surface area contributed by atoms with Gasteiger partial charge >= 0.3 is 0 Å². The average molecular weight is 148 g/mol. The van der Waals surface area contributed by atoms with E-state index in [0.29, 0.717) is 6.04 Å². The van der Waals surface area contributed by atoms with Crippen molar-refractivity contribution < 1.29 is 0 Å². The summed E-state index contributed by atoms with van der Waals surface area (Å²) in [7, 11) is 0.